The molecule has 0 spiro atoms. The van der Waals surface area contributed by atoms with Gasteiger partial charge >= 0.3 is 0 Å². The number of piperidine rings is 1. The van der Waals surface area contributed by atoms with Crippen molar-refractivity contribution in [3.05, 3.63) is 48.2 Å². The van der Waals surface area contributed by atoms with Crippen molar-refractivity contribution in [1.29, 1.82) is 0 Å². The summed E-state index contributed by atoms with van der Waals surface area (Å²) in [5.41, 5.74) is 7.67. The Morgan fingerprint density at radius 1 is 1.08 bits per heavy atom. The number of hydrogen-bond donors (Lipinski definition) is 2. The number of primary amides is 1. The van der Waals surface area contributed by atoms with Gasteiger partial charge in [-0.3, -0.25) is 9.59 Å². The highest BCUT2D eigenvalue weighted by molar-refractivity contribution is 5.96. The number of aromatic nitrogens is 3. The lowest BCUT2D eigenvalue weighted by Crippen LogP contribution is -2.37. The van der Waals surface area contributed by atoms with Crippen molar-refractivity contribution in [3.63, 3.8) is 0 Å². The Balaban J connectivity index is 1.27. The Hall–Kier alpha value is -3.53. The van der Waals surface area contributed by atoms with Gasteiger partial charge in [0.2, 0.25) is 11.9 Å². The summed E-state index contributed by atoms with van der Waals surface area (Å²) >= 11 is 0. The van der Waals surface area contributed by atoms with Crippen LogP contribution >= 0.6 is 0 Å². The van der Waals surface area contributed by atoms with Crippen molar-refractivity contribution < 1.29 is 9.59 Å². The molecule has 2 aromatic rings. The number of amides is 2. The quantitative estimate of drug-likeness (QED) is 0.541. The monoisotopic (exact) mass is 490 g/mol. The average molecular weight is 491 g/mol. The number of nitrogens with zero attached hydrogens (tertiary/aromatic N) is 6. The van der Waals surface area contributed by atoms with Crippen LogP contribution in [-0.4, -0.2) is 82.1 Å². The highest BCUT2D eigenvalue weighted by Crippen LogP contribution is 2.35. The zero-order valence-corrected chi connectivity index (χ0v) is 20.8. The second-order valence-electron chi connectivity index (χ2n) is 10.0. The van der Waals surface area contributed by atoms with E-state index in [1.165, 1.54) is 50.4 Å². The third kappa shape index (κ3) is 5.18. The van der Waals surface area contributed by atoms with Crippen molar-refractivity contribution in [2.45, 2.75) is 50.1 Å². The molecular formula is C26H34N8O2. The number of likely N-dealkylation sites (N-methyl/N-ethyl adjacent to an activating group) is 1. The summed E-state index contributed by atoms with van der Waals surface area (Å²) in [5, 5.41) is 11.4. The Bertz CT molecular complexity index is 1130. The number of nitrogens with one attached hydrogen (secondary N) is 1. The molecule has 36 heavy (non-hydrogen) atoms. The Kier molecular flexibility index (Phi) is 6.86. The van der Waals surface area contributed by atoms with Gasteiger partial charge in [-0.15, -0.1) is 10.2 Å². The van der Waals surface area contributed by atoms with E-state index in [2.05, 4.69) is 44.1 Å². The molecule has 1 aromatic heterocycles. The lowest BCUT2D eigenvalue weighted by atomic mass is 9.89. The van der Waals surface area contributed by atoms with Crippen LogP contribution in [0.25, 0.3) is 0 Å². The number of anilines is 3. The summed E-state index contributed by atoms with van der Waals surface area (Å²) in [5.74, 6) is 0.416. The lowest BCUT2D eigenvalue weighted by Gasteiger charge is -2.32. The predicted octanol–water partition coefficient (Wildman–Crippen LogP) is 2.28. The Morgan fingerprint density at radius 2 is 1.81 bits per heavy atom. The highest BCUT2D eigenvalue weighted by Gasteiger charge is 2.32. The zero-order valence-electron chi connectivity index (χ0n) is 20.8. The molecule has 3 heterocycles. The molecule has 5 rings (SSSR count). The summed E-state index contributed by atoms with van der Waals surface area (Å²) in [6.07, 6.45) is 7.21. The van der Waals surface area contributed by atoms with Crippen LogP contribution < -0.4 is 16.0 Å². The average Bonchev–Trinajstić information content (AvgIpc) is 3.64. The van der Waals surface area contributed by atoms with Crippen molar-refractivity contribution in [2.75, 3.05) is 43.4 Å². The molecule has 3 N–H and O–H groups in total. The van der Waals surface area contributed by atoms with Crippen LogP contribution in [0.4, 0.5) is 17.5 Å². The molecule has 2 amide bonds. The van der Waals surface area contributed by atoms with Gasteiger partial charge in [-0.1, -0.05) is 18.7 Å². The predicted molar refractivity (Wildman–Crippen MR) is 138 cm³/mol. The van der Waals surface area contributed by atoms with E-state index in [1.54, 1.807) is 4.90 Å². The van der Waals surface area contributed by atoms with Gasteiger partial charge in [-0.25, -0.2) is 0 Å². The molecule has 0 bridgehead atoms. The van der Waals surface area contributed by atoms with Crippen LogP contribution in [0.1, 0.15) is 54.1 Å². The van der Waals surface area contributed by atoms with Crippen LogP contribution in [-0.2, 0) is 4.79 Å². The van der Waals surface area contributed by atoms with E-state index in [-0.39, 0.29) is 23.5 Å². The van der Waals surface area contributed by atoms with E-state index in [1.807, 2.05) is 24.1 Å². The zero-order chi connectivity index (χ0) is 25.2. The second kappa shape index (κ2) is 10.2. The fraction of sp³-hybridized carbons (Fsp3) is 0.500. The summed E-state index contributed by atoms with van der Waals surface area (Å²) in [7, 11) is 1.86. The number of benzene rings is 1. The van der Waals surface area contributed by atoms with Gasteiger partial charge < -0.3 is 25.8 Å². The number of likely N-dealkylation sites (tertiary alicyclic amines) is 2. The number of nitrogens with two attached hydrogens (primary N) is 1. The largest absolute Gasteiger partial charge is 0.364 e. The molecule has 3 aliphatic rings. The number of rotatable bonds is 8. The maximum Gasteiger partial charge on any atom is 0.273 e. The van der Waals surface area contributed by atoms with Crippen molar-refractivity contribution >= 4 is 29.3 Å². The molecule has 0 radical (unpaired) electrons. The molecule has 1 saturated carbocycles. The molecule has 10 heteroatoms. The fourth-order valence-corrected chi connectivity index (χ4v) is 5.28. The molecule has 190 valence electrons. The topological polar surface area (TPSA) is 121 Å². The first-order valence-corrected chi connectivity index (χ1v) is 12.7. The number of carbonyl (C=O) groups is 2. The summed E-state index contributed by atoms with van der Waals surface area (Å²) in [6.45, 7) is 7.11. The van der Waals surface area contributed by atoms with E-state index in [9.17, 15) is 9.59 Å². The summed E-state index contributed by atoms with van der Waals surface area (Å²) in [4.78, 5) is 34.8. The first kappa shape index (κ1) is 24.2. The van der Waals surface area contributed by atoms with Gasteiger partial charge in [0.1, 0.15) is 0 Å². The van der Waals surface area contributed by atoms with Gasteiger partial charge in [0, 0.05) is 31.9 Å². The van der Waals surface area contributed by atoms with E-state index in [0.717, 1.165) is 18.2 Å². The smallest absolute Gasteiger partial charge is 0.273 e. The lowest BCUT2D eigenvalue weighted by molar-refractivity contribution is -0.125. The number of carbonyl (C=O) groups excluding carboxylic acids is 2. The Morgan fingerprint density at radius 3 is 2.44 bits per heavy atom. The first-order valence-electron chi connectivity index (χ1n) is 12.7. The standard InChI is InChI=1S/C26H34N8O2/c1-3-22(35)34-15-12-21(16-34)32(2)26-29-25(23(24(27)36)30-31-26)28-19-6-4-17(5-7-19)18-10-13-33(14-11-18)20-8-9-20/h3-7,18,20-21H,1,8-16H2,2H3,(H2,27,36)(H,28,29,31)/t21-/m0/s1. The summed E-state index contributed by atoms with van der Waals surface area (Å²) in [6, 6.07) is 9.19. The van der Waals surface area contributed by atoms with Gasteiger partial charge in [0.25, 0.3) is 5.91 Å². The first-order chi connectivity index (χ1) is 17.4. The minimum Gasteiger partial charge on any atom is -0.364 e. The van der Waals surface area contributed by atoms with Crippen LogP contribution in [0.15, 0.2) is 36.9 Å². The van der Waals surface area contributed by atoms with Crippen LogP contribution in [0.5, 0.6) is 0 Å². The van der Waals surface area contributed by atoms with Crippen molar-refractivity contribution in [2.24, 2.45) is 5.73 Å². The molecule has 2 aliphatic heterocycles. The van der Waals surface area contributed by atoms with Crippen molar-refractivity contribution in [3.8, 4) is 0 Å². The van der Waals surface area contributed by atoms with Gasteiger partial charge in [-0.05, 0) is 74.9 Å². The van der Waals surface area contributed by atoms with Gasteiger partial charge in [0.05, 0.1) is 6.04 Å². The molecule has 10 nitrogen and oxygen atoms in total. The van der Waals surface area contributed by atoms with Crippen LogP contribution in [0, 0.1) is 0 Å². The normalized spacial score (nSPS) is 20.8. The van der Waals surface area contributed by atoms with E-state index >= 15 is 0 Å². The molecular weight excluding hydrogens is 456 g/mol. The molecule has 1 atom stereocenters. The minimum absolute atomic E-state index is 0.0152. The van der Waals surface area contributed by atoms with Crippen LogP contribution in [0.2, 0.25) is 0 Å². The van der Waals surface area contributed by atoms with Crippen LogP contribution in [0.3, 0.4) is 0 Å². The Labute approximate surface area is 211 Å². The molecule has 1 aromatic carbocycles. The molecule has 1 aliphatic carbocycles. The highest BCUT2D eigenvalue weighted by atomic mass is 16.2. The maximum atomic E-state index is 12.0. The fourth-order valence-electron chi connectivity index (χ4n) is 5.28. The molecule has 3 fully saturated rings. The van der Waals surface area contributed by atoms with E-state index < -0.39 is 5.91 Å². The van der Waals surface area contributed by atoms with E-state index in [0.29, 0.717) is 25.0 Å². The molecule has 2 saturated heterocycles. The third-order valence-electron chi connectivity index (χ3n) is 7.66. The third-order valence-corrected chi connectivity index (χ3v) is 7.66. The second-order valence-corrected chi connectivity index (χ2v) is 10.0. The minimum atomic E-state index is -0.700. The number of hydrogen-bond acceptors (Lipinski definition) is 8. The van der Waals surface area contributed by atoms with Gasteiger partial charge in [-0.2, -0.15) is 4.98 Å². The van der Waals surface area contributed by atoms with Gasteiger partial charge in [0.15, 0.2) is 11.5 Å². The SMILES string of the molecule is C=CC(=O)N1CC[C@H](N(C)c2nnc(C(N)=O)c(Nc3ccc(C4CCN(C5CC5)CC4)cc3)n2)C1. The maximum absolute atomic E-state index is 12.0. The molecule has 0 unspecified atom stereocenters. The van der Waals surface area contributed by atoms with Crippen molar-refractivity contribution in [1.82, 2.24) is 25.0 Å². The summed E-state index contributed by atoms with van der Waals surface area (Å²) < 4.78 is 0. The van der Waals surface area contributed by atoms with E-state index in [4.69, 9.17) is 5.73 Å².